The number of hydrogen-bond acceptors (Lipinski definition) is 2. The van der Waals surface area contributed by atoms with E-state index in [1.54, 1.807) is 6.92 Å². The van der Waals surface area contributed by atoms with Gasteiger partial charge in [-0.1, -0.05) is 0 Å². The maximum Gasteiger partial charge on any atom is 0.239 e. The summed E-state index contributed by atoms with van der Waals surface area (Å²) in [4.78, 5) is 13.5. The molecular formula is C9H18N2O. The fourth-order valence-corrected chi connectivity index (χ4v) is 1.76. The molecule has 0 aromatic rings. The quantitative estimate of drug-likeness (QED) is 0.630. The molecule has 0 saturated carbocycles. The smallest absolute Gasteiger partial charge is 0.239 e. The van der Waals surface area contributed by atoms with Crippen LogP contribution < -0.4 is 5.73 Å². The van der Waals surface area contributed by atoms with Gasteiger partial charge in [0.2, 0.25) is 5.91 Å². The van der Waals surface area contributed by atoms with E-state index in [9.17, 15) is 4.79 Å². The zero-order valence-corrected chi connectivity index (χ0v) is 8.13. The Morgan fingerprint density at radius 2 is 2.17 bits per heavy atom. The van der Waals surface area contributed by atoms with Crippen LogP contribution in [-0.4, -0.2) is 28.9 Å². The van der Waals surface area contributed by atoms with Gasteiger partial charge in [-0.25, -0.2) is 0 Å². The first-order valence-electron chi connectivity index (χ1n) is 4.52. The normalized spacial score (nSPS) is 24.2. The lowest BCUT2D eigenvalue weighted by Gasteiger charge is -2.32. The molecule has 1 heterocycles. The zero-order chi connectivity index (χ0) is 9.35. The van der Waals surface area contributed by atoms with Crippen molar-refractivity contribution in [3.63, 3.8) is 0 Å². The fraction of sp³-hybridized carbons (Fsp3) is 0.889. The van der Waals surface area contributed by atoms with Crippen molar-refractivity contribution in [1.82, 2.24) is 4.90 Å². The molecule has 12 heavy (non-hydrogen) atoms. The van der Waals surface area contributed by atoms with E-state index in [-0.39, 0.29) is 17.5 Å². The Labute approximate surface area is 73.9 Å². The largest absolute Gasteiger partial charge is 0.336 e. The Morgan fingerprint density at radius 1 is 1.58 bits per heavy atom. The fourth-order valence-electron chi connectivity index (χ4n) is 1.76. The van der Waals surface area contributed by atoms with Crippen LogP contribution in [0, 0.1) is 0 Å². The molecule has 1 fully saturated rings. The van der Waals surface area contributed by atoms with Gasteiger partial charge >= 0.3 is 0 Å². The molecule has 1 saturated heterocycles. The molecule has 1 amide bonds. The minimum Gasteiger partial charge on any atom is -0.336 e. The average molecular weight is 170 g/mol. The number of likely N-dealkylation sites (tertiary alicyclic amines) is 1. The first kappa shape index (κ1) is 9.52. The Balaban J connectivity index is 2.69. The van der Waals surface area contributed by atoms with Crippen molar-refractivity contribution in [3.8, 4) is 0 Å². The van der Waals surface area contributed by atoms with E-state index in [4.69, 9.17) is 5.73 Å². The molecule has 0 aromatic heterocycles. The van der Waals surface area contributed by atoms with Gasteiger partial charge in [0.15, 0.2) is 0 Å². The average Bonchev–Trinajstić information content (AvgIpc) is 2.27. The number of carbonyl (C=O) groups is 1. The summed E-state index contributed by atoms with van der Waals surface area (Å²) in [6, 6.07) is -0.359. The summed E-state index contributed by atoms with van der Waals surface area (Å²) >= 11 is 0. The van der Waals surface area contributed by atoms with Gasteiger partial charge in [0.05, 0.1) is 6.04 Å². The van der Waals surface area contributed by atoms with Gasteiger partial charge in [-0.15, -0.1) is 0 Å². The molecule has 1 aliphatic heterocycles. The molecule has 1 atom stereocenters. The van der Waals surface area contributed by atoms with Gasteiger partial charge < -0.3 is 10.6 Å². The minimum atomic E-state index is -0.359. The zero-order valence-electron chi connectivity index (χ0n) is 8.13. The lowest BCUT2D eigenvalue weighted by molar-refractivity contribution is -0.135. The predicted octanol–water partition coefficient (Wildman–Crippen LogP) is 0.735. The number of nitrogens with two attached hydrogens (primary N) is 1. The summed E-state index contributed by atoms with van der Waals surface area (Å²) in [6.07, 6.45) is 2.19. The van der Waals surface area contributed by atoms with Crippen molar-refractivity contribution in [2.45, 2.75) is 45.2 Å². The second-order valence-corrected chi connectivity index (χ2v) is 4.19. The first-order chi connectivity index (χ1) is 5.45. The van der Waals surface area contributed by atoms with Crippen LogP contribution in [0.5, 0.6) is 0 Å². The minimum absolute atomic E-state index is 0.0186. The molecular weight excluding hydrogens is 152 g/mol. The summed E-state index contributed by atoms with van der Waals surface area (Å²) in [5.41, 5.74) is 5.56. The molecule has 2 N–H and O–H groups in total. The maximum atomic E-state index is 11.6. The van der Waals surface area contributed by atoms with Crippen LogP contribution in [0.1, 0.15) is 33.6 Å². The third kappa shape index (κ3) is 1.61. The van der Waals surface area contributed by atoms with E-state index in [0.717, 1.165) is 19.4 Å². The van der Waals surface area contributed by atoms with Gasteiger partial charge in [-0.2, -0.15) is 0 Å². The first-order valence-corrected chi connectivity index (χ1v) is 4.52. The van der Waals surface area contributed by atoms with E-state index in [1.165, 1.54) is 0 Å². The Bertz CT molecular complexity index is 187. The van der Waals surface area contributed by atoms with Gasteiger partial charge in [-0.3, -0.25) is 4.79 Å². The second-order valence-electron chi connectivity index (χ2n) is 4.19. The van der Waals surface area contributed by atoms with Crippen molar-refractivity contribution in [3.05, 3.63) is 0 Å². The molecule has 0 aromatic carbocycles. The summed E-state index contributed by atoms with van der Waals surface area (Å²) in [5.74, 6) is 0.0810. The lowest BCUT2D eigenvalue weighted by atomic mass is 10.0. The van der Waals surface area contributed by atoms with Crippen molar-refractivity contribution in [2.75, 3.05) is 6.54 Å². The number of amides is 1. The highest BCUT2D eigenvalue weighted by atomic mass is 16.2. The molecule has 0 radical (unpaired) electrons. The second kappa shape index (κ2) is 3.05. The predicted molar refractivity (Wildman–Crippen MR) is 48.7 cm³/mol. The highest BCUT2D eigenvalue weighted by molar-refractivity contribution is 5.82. The van der Waals surface area contributed by atoms with Crippen molar-refractivity contribution in [2.24, 2.45) is 5.73 Å². The number of carbonyl (C=O) groups excluding carboxylic acids is 1. The molecule has 3 nitrogen and oxygen atoms in total. The lowest BCUT2D eigenvalue weighted by Crippen LogP contribution is -2.49. The van der Waals surface area contributed by atoms with E-state index in [0.29, 0.717) is 0 Å². The summed E-state index contributed by atoms with van der Waals surface area (Å²) < 4.78 is 0. The molecule has 0 spiro atoms. The van der Waals surface area contributed by atoms with Crippen LogP contribution in [0.25, 0.3) is 0 Å². The van der Waals surface area contributed by atoms with Gasteiger partial charge in [0.1, 0.15) is 0 Å². The molecule has 70 valence electrons. The highest BCUT2D eigenvalue weighted by Crippen LogP contribution is 2.28. The molecule has 0 unspecified atom stereocenters. The maximum absolute atomic E-state index is 11.6. The standard InChI is InChI=1S/C9H18N2O/c1-7(10)8(12)11-6-4-5-9(11,2)3/h7H,4-6,10H2,1-3H3/t7-/m0/s1. The van der Waals surface area contributed by atoms with Crippen LogP contribution >= 0.6 is 0 Å². The molecule has 0 aliphatic carbocycles. The monoisotopic (exact) mass is 170 g/mol. The topological polar surface area (TPSA) is 46.3 Å². The van der Waals surface area contributed by atoms with E-state index >= 15 is 0 Å². The number of nitrogens with zero attached hydrogens (tertiary/aromatic N) is 1. The third-order valence-electron chi connectivity index (χ3n) is 2.56. The number of rotatable bonds is 1. The summed E-state index contributed by atoms with van der Waals surface area (Å²) in [7, 11) is 0. The van der Waals surface area contributed by atoms with E-state index in [1.807, 2.05) is 4.90 Å². The molecule has 1 aliphatic rings. The highest BCUT2D eigenvalue weighted by Gasteiger charge is 2.36. The van der Waals surface area contributed by atoms with Crippen LogP contribution in [0.4, 0.5) is 0 Å². The Kier molecular flexibility index (Phi) is 2.42. The molecule has 1 rings (SSSR count). The van der Waals surface area contributed by atoms with Gasteiger partial charge in [0, 0.05) is 12.1 Å². The van der Waals surface area contributed by atoms with Crippen LogP contribution in [0.15, 0.2) is 0 Å². The molecule has 0 bridgehead atoms. The van der Waals surface area contributed by atoms with E-state index < -0.39 is 0 Å². The van der Waals surface area contributed by atoms with Crippen molar-refractivity contribution < 1.29 is 4.79 Å². The number of hydrogen-bond donors (Lipinski definition) is 1. The summed E-state index contributed by atoms with van der Waals surface area (Å²) in [5, 5.41) is 0. The third-order valence-corrected chi connectivity index (χ3v) is 2.56. The van der Waals surface area contributed by atoms with Gasteiger partial charge in [0.25, 0.3) is 0 Å². The van der Waals surface area contributed by atoms with Crippen LogP contribution in [0.3, 0.4) is 0 Å². The molecule has 3 heteroatoms. The SMILES string of the molecule is C[C@H](N)C(=O)N1CCCC1(C)C. The Morgan fingerprint density at radius 3 is 2.50 bits per heavy atom. The van der Waals surface area contributed by atoms with Crippen LogP contribution in [-0.2, 0) is 4.79 Å². The van der Waals surface area contributed by atoms with Crippen molar-refractivity contribution in [1.29, 1.82) is 0 Å². The van der Waals surface area contributed by atoms with Crippen LogP contribution in [0.2, 0.25) is 0 Å². The van der Waals surface area contributed by atoms with E-state index in [2.05, 4.69) is 13.8 Å². The van der Waals surface area contributed by atoms with Gasteiger partial charge in [-0.05, 0) is 33.6 Å². The summed E-state index contributed by atoms with van der Waals surface area (Å²) in [6.45, 7) is 6.81. The van der Waals surface area contributed by atoms with Crippen molar-refractivity contribution >= 4 is 5.91 Å². The Hall–Kier alpha value is -0.570.